The average Bonchev–Trinajstić information content (AvgIpc) is 2.65. The second-order valence-corrected chi connectivity index (χ2v) is 6.11. The van der Waals surface area contributed by atoms with E-state index in [0.717, 1.165) is 0 Å². The Morgan fingerprint density at radius 1 is 1.36 bits per heavy atom. The third-order valence-electron chi connectivity index (χ3n) is 3.35. The van der Waals surface area contributed by atoms with Gasteiger partial charge in [0, 0.05) is 17.8 Å². The molecule has 0 aromatic carbocycles. The zero-order chi connectivity index (χ0) is 10.1. The van der Waals surface area contributed by atoms with Gasteiger partial charge in [0.1, 0.15) is 4.32 Å². The Bertz CT molecular complexity index is 424. The summed E-state index contributed by atoms with van der Waals surface area (Å²) in [5.41, 5.74) is 0. The molecule has 0 spiro atoms. The lowest BCUT2D eigenvalue weighted by Gasteiger charge is -2.22. The Balaban J connectivity index is 2.18. The molecular weight excluding hydrogens is 312 g/mol. The minimum Gasteiger partial charge on any atom is -0.297 e. The quantitative estimate of drug-likeness (QED) is 0.506. The normalized spacial score (nSPS) is 48.7. The number of ketones is 2. The van der Waals surface area contributed by atoms with Gasteiger partial charge in [0.2, 0.25) is 0 Å². The van der Waals surface area contributed by atoms with Gasteiger partial charge in [-0.2, -0.15) is 0 Å². The molecule has 0 heterocycles. The van der Waals surface area contributed by atoms with Crippen molar-refractivity contribution in [2.75, 3.05) is 0 Å². The fourth-order valence-corrected chi connectivity index (χ4v) is 4.04. The van der Waals surface area contributed by atoms with Crippen molar-refractivity contribution in [3.8, 4) is 0 Å². The first-order chi connectivity index (χ1) is 6.55. The third-order valence-corrected chi connectivity index (χ3v) is 5.19. The van der Waals surface area contributed by atoms with Crippen molar-refractivity contribution in [1.29, 1.82) is 0 Å². The fourth-order valence-electron chi connectivity index (χ4n) is 2.66. The van der Waals surface area contributed by atoms with Crippen LogP contribution in [0.25, 0.3) is 0 Å². The molecule has 0 N–H and O–H groups in total. The van der Waals surface area contributed by atoms with E-state index in [1.165, 1.54) is 0 Å². The Hall–Kier alpha value is -0.220. The molecule has 3 aliphatic carbocycles. The van der Waals surface area contributed by atoms with Crippen LogP contribution in [-0.4, -0.2) is 15.9 Å². The molecule has 14 heavy (non-hydrogen) atoms. The van der Waals surface area contributed by atoms with E-state index in [-0.39, 0.29) is 29.3 Å². The van der Waals surface area contributed by atoms with Gasteiger partial charge in [-0.25, -0.2) is 0 Å². The second-order valence-electron chi connectivity index (χ2n) is 3.95. The largest absolute Gasteiger partial charge is 0.297 e. The van der Waals surface area contributed by atoms with Crippen LogP contribution in [0.15, 0.2) is 22.7 Å². The minimum atomic E-state index is -0.604. The van der Waals surface area contributed by atoms with E-state index < -0.39 is 4.32 Å². The Morgan fingerprint density at radius 3 is 2.71 bits per heavy atom. The van der Waals surface area contributed by atoms with Gasteiger partial charge in [0.15, 0.2) is 11.6 Å². The molecule has 0 aromatic rings. The van der Waals surface area contributed by atoms with Gasteiger partial charge < -0.3 is 0 Å². The van der Waals surface area contributed by atoms with Crippen LogP contribution in [0.5, 0.6) is 0 Å². The highest BCUT2D eigenvalue weighted by Gasteiger charge is 2.63. The minimum absolute atomic E-state index is 0.00637. The number of halogens is 2. The summed E-state index contributed by atoms with van der Waals surface area (Å²) in [7, 11) is 0. The molecule has 1 saturated carbocycles. The molecule has 4 atom stereocenters. The van der Waals surface area contributed by atoms with Crippen molar-refractivity contribution < 1.29 is 9.59 Å². The Kier molecular flexibility index (Phi) is 1.60. The number of hydrogen-bond acceptors (Lipinski definition) is 2. The van der Waals surface area contributed by atoms with Crippen LogP contribution in [0.2, 0.25) is 0 Å². The van der Waals surface area contributed by atoms with Crippen molar-refractivity contribution in [3.05, 3.63) is 22.7 Å². The summed E-state index contributed by atoms with van der Waals surface area (Å²) in [6.45, 7) is 0. The summed E-state index contributed by atoms with van der Waals surface area (Å²) in [4.78, 5) is 23.6. The molecule has 4 heteroatoms. The molecular formula is C10H6Br2O2. The lowest BCUT2D eigenvalue weighted by atomic mass is 9.85. The predicted molar refractivity (Wildman–Crippen MR) is 58.3 cm³/mol. The highest BCUT2D eigenvalue weighted by atomic mass is 79.9. The average molecular weight is 318 g/mol. The smallest absolute Gasteiger partial charge is 0.174 e. The molecule has 0 saturated heterocycles. The van der Waals surface area contributed by atoms with Gasteiger partial charge in [-0.05, 0) is 15.9 Å². The van der Waals surface area contributed by atoms with E-state index in [1.54, 1.807) is 0 Å². The molecule has 72 valence electrons. The number of rotatable bonds is 0. The molecule has 0 amide bonds. The van der Waals surface area contributed by atoms with E-state index >= 15 is 0 Å². The van der Waals surface area contributed by atoms with Gasteiger partial charge in [-0.3, -0.25) is 9.59 Å². The Labute approximate surface area is 97.7 Å². The maximum absolute atomic E-state index is 11.8. The van der Waals surface area contributed by atoms with Crippen LogP contribution in [0.1, 0.15) is 0 Å². The SMILES string of the molecule is O=C1C(Br)=C[C@@H]2[C@@H]1[C@@H]1C=C[C@@]2(Br)C1=O. The molecule has 3 rings (SSSR count). The van der Waals surface area contributed by atoms with Crippen LogP contribution in [0, 0.1) is 17.8 Å². The first-order valence-corrected chi connectivity index (χ1v) is 5.98. The van der Waals surface area contributed by atoms with Gasteiger partial charge in [-0.1, -0.05) is 34.2 Å². The predicted octanol–water partition coefficient (Wildman–Crippen LogP) is 1.98. The van der Waals surface area contributed by atoms with Crippen LogP contribution >= 0.6 is 31.9 Å². The van der Waals surface area contributed by atoms with E-state index in [1.807, 2.05) is 18.2 Å². The zero-order valence-corrected chi connectivity index (χ0v) is 10.2. The zero-order valence-electron chi connectivity index (χ0n) is 7.04. The van der Waals surface area contributed by atoms with E-state index in [0.29, 0.717) is 4.48 Å². The standard InChI is InChI=1S/C10H6Br2O2/c11-6-3-5-7(8(6)13)4-1-2-10(5,12)9(4)14/h1-5,7H/t4-,5+,7-,10-/m0/s1. The number of Topliss-reactive ketones (excluding diaryl/α,β-unsaturated/α-hetero) is 2. The molecule has 0 aromatic heterocycles. The van der Waals surface area contributed by atoms with Crippen molar-refractivity contribution in [2.24, 2.45) is 17.8 Å². The molecule has 0 unspecified atom stereocenters. The lowest BCUT2D eigenvalue weighted by Crippen LogP contribution is -2.29. The van der Waals surface area contributed by atoms with Crippen LogP contribution in [0.3, 0.4) is 0 Å². The number of fused-ring (bicyclic) bond motifs is 5. The summed E-state index contributed by atoms with van der Waals surface area (Å²) < 4.78 is 0.0191. The number of carbonyl (C=O) groups excluding carboxylic acids is 2. The van der Waals surface area contributed by atoms with E-state index in [2.05, 4.69) is 31.9 Å². The van der Waals surface area contributed by atoms with Crippen LogP contribution < -0.4 is 0 Å². The van der Waals surface area contributed by atoms with E-state index in [9.17, 15) is 9.59 Å². The topological polar surface area (TPSA) is 34.1 Å². The number of hydrogen-bond donors (Lipinski definition) is 0. The van der Waals surface area contributed by atoms with Crippen LogP contribution in [-0.2, 0) is 9.59 Å². The number of alkyl halides is 1. The molecule has 1 fully saturated rings. The summed E-state index contributed by atoms with van der Waals surface area (Å²) in [6.07, 6.45) is 5.61. The second kappa shape index (κ2) is 2.47. The van der Waals surface area contributed by atoms with Gasteiger partial charge in [0.05, 0.1) is 4.48 Å². The summed E-state index contributed by atoms with van der Waals surface area (Å²) >= 11 is 6.70. The highest BCUT2D eigenvalue weighted by Crippen LogP contribution is 2.57. The first kappa shape index (κ1) is 9.04. The monoisotopic (exact) mass is 316 g/mol. The van der Waals surface area contributed by atoms with Crippen molar-refractivity contribution in [1.82, 2.24) is 0 Å². The summed E-state index contributed by atoms with van der Waals surface area (Å²) in [5, 5.41) is 0. The van der Waals surface area contributed by atoms with E-state index in [4.69, 9.17) is 0 Å². The fraction of sp³-hybridized carbons (Fsp3) is 0.400. The third kappa shape index (κ3) is 0.784. The lowest BCUT2D eigenvalue weighted by molar-refractivity contribution is -0.124. The van der Waals surface area contributed by atoms with Gasteiger partial charge in [0.25, 0.3) is 0 Å². The number of allylic oxidation sites excluding steroid dienone is 4. The molecule has 0 radical (unpaired) electrons. The van der Waals surface area contributed by atoms with Crippen LogP contribution in [0.4, 0.5) is 0 Å². The van der Waals surface area contributed by atoms with Crippen molar-refractivity contribution in [2.45, 2.75) is 4.32 Å². The maximum atomic E-state index is 11.8. The van der Waals surface area contributed by atoms with Gasteiger partial charge >= 0.3 is 0 Å². The van der Waals surface area contributed by atoms with Crippen molar-refractivity contribution in [3.63, 3.8) is 0 Å². The van der Waals surface area contributed by atoms with Gasteiger partial charge in [-0.15, -0.1) is 0 Å². The molecule has 2 nitrogen and oxygen atoms in total. The Morgan fingerprint density at radius 2 is 2.07 bits per heavy atom. The highest BCUT2D eigenvalue weighted by molar-refractivity contribution is 9.12. The van der Waals surface area contributed by atoms with Crippen molar-refractivity contribution >= 4 is 43.4 Å². The number of carbonyl (C=O) groups is 2. The molecule has 0 aliphatic heterocycles. The summed E-state index contributed by atoms with van der Waals surface area (Å²) in [6, 6.07) is 0. The summed E-state index contributed by atoms with van der Waals surface area (Å²) in [5.74, 6) is -0.164. The first-order valence-electron chi connectivity index (χ1n) is 4.40. The molecule has 2 bridgehead atoms. The maximum Gasteiger partial charge on any atom is 0.174 e. The molecule has 3 aliphatic rings.